The number of methoxy groups -OCH3 is 1. The maximum absolute atomic E-state index is 5.57. The molecule has 1 aromatic heterocycles. The summed E-state index contributed by atoms with van der Waals surface area (Å²) < 4.78 is 7.20. The maximum Gasteiger partial charge on any atom is 0.120 e. The van der Waals surface area contributed by atoms with Gasteiger partial charge in [-0.3, -0.25) is 0 Å². The number of nitrogens with zero attached hydrogens (tertiary/aromatic N) is 2. The van der Waals surface area contributed by atoms with Gasteiger partial charge in [-0.25, -0.2) is 4.98 Å². The van der Waals surface area contributed by atoms with Crippen molar-refractivity contribution in [3.8, 4) is 11.4 Å². The predicted molar refractivity (Wildman–Crippen MR) is 62.7 cm³/mol. The van der Waals surface area contributed by atoms with Gasteiger partial charge in [0.25, 0.3) is 0 Å². The van der Waals surface area contributed by atoms with Crippen molar-refractivity contribution in [3.05, 3.63) is 42.0 Å². The summed E-state index contributed by atoms with van der Waals surface area (Å²) in [7, 11) is 1.66. The third-order valence-corrected chi connectivity index (χ3v) is 2.47. The number of ether oxygens (including phenoxy) is 1. The van der Waals surface area contributed by atoms with Crippen LogP contribution in [0.25, 0.3) is 5.69 Å². The number of hydrogen-bond donors (Lipinski definition) is 1. The van der Waals surface area contributed by atoms with Gasteiger partial charge < -0.3 is 15.0 Å². The van der Waals surface area contributed by atoms with E-state index in [0.717, 1.165) is 23.0 Å². The normalized spacial score (nSPS) is 10.4. The van der Waals surface area contributed by atoms with Crippen LogP contribution >= 0.6 is 0 Å². The van der Waals surface area contributed by atoms with Crippen molar-refractivity contribution in [2.75, 3.05) is 7.11 Å². The molecule has 0 aliphatic rings. The van der Waals surface area contributed by atoms with Crippen LogP contribution in [0.4, 0.5) is 0 Å². The third-order valence-electron chi connectivity index (χ3n) is 2.47. The van der Waals surface area contributed by atoms with Gasteiger partial charge >= 0.3 is 0 Å². The number of hydrogen-bond acceptors (Lipinski definition) is 3. The van der Waals surface area contributed by atoms with E-state index in [1.807, 2.05) is 42.0 Å². The van der Waals surface area contributed by atoms with Gasteiger partial charge in [0.15, 0.2) is 0 Å². The van der Waals surface area contributed by atoms with Crippen LogP contribution in [0.1, 0.15) is 11.5 Å². The molecule has 4 nitrogen and oxygen atoms in total. The molecule has 2 rings (SSSR count). The van der Waals surface area contributed by atoms with Gasteiger partial charge in [-0.05, 0) is 19.1 Å². The predicted octanol–water partition coefficient (Wildman–Crippen LogP) is 1.65. The molecule has 0 spiro atoms. The number of aromatic nitrogens is 2. The lowest BCUT2D eigenvalue weighted by Gasteiger charge is -2.06. The summed E-state index contributed by atoms with van der Waals surface area (Å²) in [5.74, 6) is 1.76. The van der Waals surface area contributed by atoms with Crippen LogP contribution in [0.15, 0.2) is 30.5 Å². The second-order valence-electron chi connectivity index (χ2n) is 3.56. The fraction of sp³-hybridized carbons (Fsp3) is 0.250. The summed E-state index contributed by atoms with van der Waals surface area (Å²) >= 11 is 0. The molecule has 0 atom stereocenters. The molecule has 16 heavy (non-hydrogen) atoms. The van der Waals surface area contributed by atoms with E-state index in [0.29, 0.717) is 6.54 Å². The number of benzene rings is 1. The van der Waals surface area contributed by atoms with Crippen molar-refractivity contribution in [3.63, 3.8) is 0 Å². The lowest BCUT2D eigenvalue weighted by atomic mass is 10.3. The molecule has 0 bridgehead atoms. The summed E-state index contributed by atoms with van der Waals surface area (Å²) in [4.78, 5) is 4.36. The Morgan fingerprint density at radius 3 is 2.88 bits per heavy atom. The van der Waals surface area contributed by atoms with Gasteiger partial charge in [0, 0.05) is 18.8 Å². The average Bonchev–Trinajstić information content (AvgIpc) is 2.71. The lowest BCUT2D eigenvalue weighted by molar-refractivity contribution is 0.414. The van der Waals surface area contributed by atoms with Crippen molar-refractivity contribution in [1.29, 1.82) is 0 Å². The van der Waals surface area contributed by atoms with Crippen molar-refractivity contribution in [2.45, 2.75) is 13.5 Å². The second kappa shape index (κ2) is 4.37. The van der Waals surface area contributed by atoms with Crippen LogP contribution in [0, 0.1) is 6.92 Å². The molecule has 2 aromatic rings. The summed E-state index contributed by atoms with van der Waals surface area (Å²) in [5, 5.41) is 0. The molecule has 4 heteroatoms. The number of aryl methyl sites for hydroxylation is 1. The molecule has 0 amide bonds. The molecular formula is C12H15N3O. The molecular weight excluding hydrogens is 202 g/mol. The molecule has 0 aliphatic carbocycles. The van der Waals surface area contributed by atoms with Crippen LogP contribution in [0.2, 0.25) is 0 Å². The highest BCUT2D eigenvalue weighted by atomic mass is 16.5. The molecule has 0 saturated carbocycles. The Balaban J connectivity index is 2.45. The van der Waals surface area contributed by atoms with E-state index < -0.39 is 0 Å². The van der Waals surface area contributed by atoms with Gasteiger partial charge in [0.2, 0.25) is 0 Å². The first-order valence-corrected chi connectivity index (χ1v) is 5.14. The topological polar surface area (TPSA) is 53.1 Å². The van der Waals surface area contributed by atoms with Gasteiger partial charge in [-0.1, -0.05) is 6.07 Å². The molecule has 0 aliphatic heterocycles. The Morgan fingerprint density at radius 2 is 2.25 bits per heavy atom. The number of imidazole rings is 1. The third kappa shape index (κ3) is 1.92. The van der Waals surface area contributed by atoms with E-state index in [1.165, 1.54) is 0 Å². The quantitative estimate of drug-likeness (QED) is 0.850. The Labute approximate surface area is 94.7 Å². The molecule has 2 N–H and O–H groups in total. The minimum atomic E-state index is 0.456. The fourth-order valence-corrected chi connectivity index (χ4v) is 1.65. The summed E-state index contributed by atoms with van der Waals surface area (Å²) in [5.41, 5.74) is 7.49. The first-order valence-electron chi connectivity index (χ1n) is 5.14. The van der Waals surface area contributed by atoms with E-state index >= 15 is 0 Å². The van der Waals surface area contributed by atoms with E-state index in [-0.39, 0.29) is 0 Å². The first kappa shape index (κ1) is 10.7. The van der Waals surface area contributed by atoms with Gasteiger partial charge in [0.05, 0.1) is 18.5 Å². The zero-order chi connectivity index (χ0) is 11.5. The summed E-state index contributed by atoms with van der Waals surface area (Å²) in [6, 6.07) is 7.85. The minimum Gasteiger partial charge on any atom is -0.497 e. The zero-order valence-electron chi connectivity index (χ0n) is 9.47. The van der Waals surface area contributed by atoms with Crippen LogP contribution in [0.3, 0.4) is 0 Å². The SMILES string of the molecule is COc1cccc(-n2cc(CN)nc2C)c1. The monoisotopic (exact) mass is 217 g/mol. The molecule has 84 valence electrons. The van der Waals surface area contributed by atoms with E-state index in [9.17, 15) is 0 Å². The highest BCUT2D eigenvalue weighted by Crippen LogP contribution is 2.18. The standard InChI is InChI=1S/C12H15N3O/c1-9-14-10(7-13)8-15(9)11-4-3-5-12(6-11)16-2/h3-6,8H,7,13H2,1-2H3. The highest BCUT2D eigenvalue weighted by molar-refractivity contribution is 5.40. The van der Waals surface area contributed by atoms with Crippen molar-refractivity contribution < 1.29 is 4.74 Å². The van der Waals surface area contributed by atoms with Crippen LogP contribution in [-0.2, 0) is 6.54 Å². The van der Waals surface area contributed by atoms with E-state index in [4.69, 9.17) is 10.5 Å². The Kier molecular flexibility index (Phi) is 2.92. The smallest absolute Gasteiger partial charge is 0.120 e. The fourth-order valence-electron chi connectivity index (χ4n) is 1.65. The second-order valence-corrected chi connectivity index (χ2v) is 3.56. The van der Waals surface area contributed by atoms with Crippen LogP contribution in [-0.4, -0.2) is 16.7 Å². The molecule has 0 unspecified atom stereocenters. The van der Waals surface area contributed by atoms with Gasteiger partial charge in [0.1, 0.15) is 11.6 Å². The van der Waals surface area contributed by atoms with Crippen molar-refractivity contribution in [1.82, 2.24) is 9.55 Å². The van der Waals surface area contributed by atoms with E-state index in [2.05, 4.69) is 4.98 Å². The van der Waals surface area contributed by atoms with Gasteiger partial charge in [-0.15, -0.1) is 0 Å². The summed E-state index contributed by atoms with van der Waals surface area (Å²) in [6.45, 7) is 2.41. The molecule has 0 radical (unpaired) electrons. The molecule has 0 fully saturated rings. The van der Waals surface area contributed by atoms with Crippen molar-refractivity contribution >= 4 is 0 Å². The molecule has 0 saturated heterocycles. The summed E-state index contributed by atoms with van der Waals surface area (Å²) in [6.07, 6.45) is 1.95. The number of rotatable bonds is 3. The van der Waals surface area contributed by atoms with Crippen LogP contribution < -0.4 is 10.5 Å². The largest absolute Gasteiger partial charge is 0.497 e. The lowest BCUT2D eigenvalue weighted by Crippen LogP contribution is -1.96. The van der Waals surface area contributed by atoms with Crippen LogP contribution in [0.5, 0.6) is 5.75 Å². The Hall–Kier alpha value is -1.81. The van der Waals surface area contributed by atoms with E-state index in [1.54, 1.807) is 7.11 Å². The van der Waals surface area contributed by atoms with Gasteiger partial charge in [-0.2, -0.15) is 0 Å². The highest BCUT2D eigenvalue weighted by Gasteiger charge is 2.05. The molecule has 1 heterocycles. The molecule has 1 aromatic carbocycles. The Morgan fingerprint density at radius 1 is 1.44 bits per heavy atom. The number of nitrogens with two attached hydrogens (primary N) is 1. The first-order chi connectivity index (χ1) is 7.74. The minimum absolute atomic E-state index is 0.456. The average molecular weight is 217 g/mol. The van der Waals surface area contributed by atoms with Crippen molar-refractivity contribution in [2.24, 2.45) is 5.73 Å². The Bertz CT molecular complexity index is 491. The zero-order valence-corrected chi connectivity index (χ0v) is 9.47. The maximum atomic E-state index is 5.57.